The number of nitrogens with one attached hydrogen (secondary N) is 1. The minimum Gasteiger partial charge on any atom is -0.455 e. The van der Waals surface area contributed by atoms with E-state index < -0.39 is 0 Å². The second-order valence-electron chi connectivity index (χ2n) is 7.34. The van der Waals surface area contributed by atoms with Crippen LogP contribution >= 0.6 is 0 Å². The summed E-state index contributed by atoms with van der Waals surface area (Å²) >= 11 is 0. The SMILES string of the molecule is CCCC[C@H](CC)c1cc2c(C(=O)NC)c(-c3ccc(F)cc3)oc2cc1C. The van der Waals surface area contributed by atoms with Crippen LogP contribution in [0.3, 0.4) is 0 Å². The van der Waals surface area contributed by atoms with Crippen molar-refractivity contribution in [3.63, 3.8) is 0 Å². The zero-order valence-electron chi connectivity index (χ0n) is 17.1. The van der Waals surface area contributed by atoms with Crippen LogP contribution in [0, 0.1) is 12.7 Å². The van der Waals surface area contributed by atoms with Crippen molar-refractivity contribution in [1.29, 1.82) is 0 Å². The Morgan fingerprint density at radius 1 is 1.18 bits per heavy atom. The van der Waals surface area contributed by atoms with Crippen LogP contribution in [-0.4, -0.2) is 13.0 Å². The number of halogens is 1. The van der Waals surface area contributed by atoms with Crippen LogP contribution in [0.5, 0.6) is 0 Å². The number of aryl methyl sites for hydroxylation is 1. The number of rotatable bonds is 7. The predicted molar refractivity (Wildman–Crippen MR) is 112 cm³/mol. The summed E-state index contributed by atoms with van der Waals surface area (Å²) < 4.78 is 19.5. The second-order valence-corrected chi connectivity index (χ2v) is 7.34. The molecule has 0 saturated heterocycles. The van der Waals surface area contributed by atoms with Gasteiger partial charge in [0.25, 0.3) is 5.91 Å². The van der Waals surface area contributed by atoms with Crippen molar-refractivity contribution < 1.29 is 13.6 Å². The van der Waals surface area contributed by atoms with Gasteiger partial charge in [0.15, 0.2) is 0 Å². The van der Waals surface area contributed by atoms with Crippen LogP contribution in [0.1, 0.15) is 66.9 Å². The summed E-state index contributed by atoms with van der Waals surface area (Å²) in [6, 6.07) is 10.2. The molecule has 1 atom stereocenters. The number of fused-ring (bicyclic) bond motifs is 1. The Bertz CT molecular complexity index is 972. The molecule has 1 N–H and O–H groups in total. The minimum atomic E-state index is -0.318. The Morgan fingerprint density at radius 2 is 1.89 bits per heavy atom. The molecule has 3 aromatic rings. The molecule has 0 unspecified atom stereocenters. The summed E-state index contributed by atoms with van der Waals surface area (Å²) in [7, 11) is 1.61. The highest BCUT2D eigenvalue weighted by Crippen LogP contribution is 2.38. The lowest BCUT2D eigenvalue weighted by Crippen LogP contribution is -2.18. The molecule has 4 heteroatoms. The third-order valence-corrected chi connectivity index (χ3v) is 5.48. The summed E-state index contributed by atoms with van der Waals surface area (Å²) in [5.41, 5.74) is 4.34. The molecule has 1 aromatic heterocycles. The van der Waals surface area contributed by atoms with Gasteiger partial charge in [0.05, 0.1) is 5.56 Å². The minimum absolute atomic E-state index is 0.200. The fourth-order valence-corrected chi connectivity index (χ4v) is 3.89. The largest absolute Gasteiger partial charge is 0.455 e. The van der Waals surface area contributed by atoms with Gasteiger partial charge >= 0.3 is 0 Å². The van der Waals surface area contributed by atoms with E-state index in [9.17, 15) is 9.18 Å². The van der Waals surface area contributed by atoms with Crippen molar-refractivity contribution in [2.45, 2.75) is 52.4 Å². The molecule has 0 aliphatic heterocycles. The van der Waals surface area contributed by atoms with E-state index in [-0.39, 0.29) is 11.7 Å². The molecular formula is C24H28FNO2. The Kier molecular flexibility index (Phi) is 6.18. The molecule has 1 heterocycles. The molecule has 0 saturated carbocycles. The molecule has 0 radical (unpaired) electrons. The van der Waals surface area contributed by atoms with Gasteiger partial charge in [-0.15, -0.1) is 0 Å². The Morgan fingerprint density at radius 3 is 2.50 bits per heavy atom. The summed E-state index contributed by atoms with van der Waals surface area (Å²) in [5.74, 6) is 0.425. The van der Waals surface area contributed by atoms with E-state index >= 15 is 0 Å². The van der Waals surface area contributed by atoms with Crippen LogP contribution < -0.4 is 5.32 Å². The Hall–Kier alpha value is -2.62. The first-order valence-electron chi connectivity index (χ1n) is 10.0. The zero-order valence-corrected chi connectivity index (χ0v) is 17.1. The van der Waals surface area contributed by atoms with Crippen molar-refractivity contribution >= 4 is 16.9 Å². The third-order valence-electron chi connectivity index (χ3n) is 5.48. The van der Waals surface area contributed by atoms with E-state index in [0.717, 1.165) is 18.2 Å². The third kappa shape index (κ3) is 3.82. The average Bonchev–Trinajstić information content (AvgIpc) is 3.06. The van der Waals surface area contributed by atoms with Gasteiger partial charge in [-0.2, -0.15) is 0 Å². The smallest absolute Gasteiger partial charge is 0.255 e. The molecule has 0 fully saturated rings. The fourth-order valence-electron chi connectivity index (χ4n) is 3.89. The first-order chi connectivity index (χ1) is 13.5. The molecule has 2 aromatic carbocycles. The van der Waals surface area contributed by atoms with Gasteiger partial charge in [-0.3, -0.25) is 4.79 Å². The van der Waals surface area contributed by atoms with Crippen molar-refractivity contribution in [3.05, 3.63) is 58.9 Å². The number of furan rings is 1. The van der Waals surface area contributed by atoms with Crippen molar-refractivity contribution in [2.24, 2.45) is 0 Å². The average molecular weight is 381 g/mol. The maximum atomic E-state index is 13.4. The molecule has 0 aliphatic rings. The number of benzene rings is 2. The van der Waals surface area contributed by atoms with E-state index in [1.165, 1.54) is 36.1 Å². The number of hydrogen-bond donors (Lipinski definition) is 1. The fraction of sp³-hybridized carbons (Fsp3) is 0.375. The molecule has 0 aliphatic carbocycles. The van der Waals surface area contributed by atoms with E-state index in [4.69, 9.17) is 4.42 Å². The number of amides is 1. The monoisotopic (exact) mass is 381 g/mol. The summed E-state index contributed by atoms with van der Waals surface area (Å²) in [6.45, 7) is 6.52. The highest BCUT2D eigenvalue weighted by atomic mass is 19.1. The molecule has 1 amide bonds. The lowest BCUT2D eigenvalue weighted by molar-refractivity contribution is 0.0964. The number of unbranched alkanes of at least 4 members (excludes halogenated alkanes) is 1. The maximum absolute atomic E-state index is 13.4. The van der Waals surface area contributed by atoms with E-state index in [2.05, 4.69) is 32.2 Å². The Balaban J connectivity index is 2.21. The standard InChI is InChI=1S/C24H28FNO2/c1-5-7-8-16(6-2)19-14-20-21(13-15(19)3)28-23(22(20)24(27)26-4)17-9-11-18(25)12-10-17/h9-14,16H,5-8H2,1-4H3,(H,26,27)/t16-/m0/s1. The number of carbonyl (C=O) groups is 1. The summed E-state index contributed by atoms with van der Waals surface area (Å²) in [6.07, 6.45) is 4.55. The highest BCUT2D eigenvalue weighted by molar-refractivity contribution is 6.11. The maximum Gasteiger partial charge on any atom is 0.255 e. The van der Waals surface area contributed by atoms with Gasteiger partial charge in [-0.05, 0) is 73.2 Å². The lowest BCUT2D eigenvalue weighted by atomic mass is 9.87. The molecule has 148 valence electrons. The number of carbonyl (C=O) groups excluding carboxylic acids is 1. The van der Waals surface area contributed by atoms with Gasteiger partial charge in [-0.25, -0.2) is 4.39 Å². The summed E-state index contributed by atoms with van der Waals surface area (Å²) in [5, 5.41) is 3.53. The second kappa shape index (κ2) is 8.59. The van der Waals surface area contributed by atoms with Crippen molar-refractivity contribution in [3.8, 4) is 11.3 Å². The molecular weight excluding hydrogens is 353 g/mol. The normalized spacial score (nSPS) is 12.3. The van der Waals surface area contributed by atoms with E-state index in [1.807, 2.05) is 6.07 Å². The van der Waals surface area contributed by atoms with Gasteiger partial charge in [0.2, 0.25) is 0 Å². The summed E-state index contributed by atoms with van der Waals surface area (Å²) in [4.78, 5) is 12.7. The van der Waals surface area contributed by atoms with Crippen LogP contribution in [0.25, 0.3) is 22.3 Å². The first-order valence-corrected chi connectivity index (χ1v) is 10.0. The predicted octanol–water partition coefficient (Wildman–Crippen LogP) is 6.59. The molecule has 0 bridgehead atoms. The van der Waals surface area contributed by atoms with Gasteiger partial charge in [0.1, 0.15) is 17.2 Å². The van der Waals surface area contributed by atoms with E-state index in [1.54, 1.807) is 19.2 Å². The lowest BCUT2D eigenvalue weighted by Gasteiger charge is -2.17. The topological polar surface area (TPSA) is 42.2 Å². The van der Waals surface area contributed by atoms with Gasteiger partial charge < -0.3 is 9.73 Å². The Labute approximate surface area is 165 Å². The van der Waals surface area contributed by atoms with E-state index in [0.29, 0.717) is 28.4 Å². The van der Waals surface area contributed by atoms with Gasteiger partial charge in [0, 0.05) is 18.0 Å². The van der Waals surface area contributed by atoms with Crippen LogP contribution in [0.4, 0.5) is 4.39 Å². The van der Waals surface area contributed by atoms with Crippen LogP contribution in [0.15, 0.2) is 40.8 Å². The first kappa shape index (κ1) is 20.1. The molecule has 28 heavy (non-hydrogen) atoms. The zero-order chi connectivity index (χ0) is 20.3. The quantitative estimate of drug-likeness (QED) is 0.501. The molecule has 3 nitrogen and oxygen atoms in total. The van der Waals surface area contributed by atoms with Crippen LogP contribution in [-0.2, 0) is 0 Å². The molecule has 3 rings (SSSR count). The van der Waals surface area contributed by atoms with Crippen LogP contribution in [0.2, 0.25) is 0 Å². The molecule has 0 spiro atoms. The van der Waals surface area contributed by atoms with Gasteiger partial charge in [-0.1, -0.05) is 26.7 Å². The highest BCUT2D eigenvalue weighted by Gasteiger charge is 2.23. The number of hydrogen-bond acceptors (Lipinski definition) is 2. The van der Waals surface area contributed by atoms with Crippen molar-refractivity contribution in [1.82, 2.24) is 5.32 Å². The van der Waals surface area contributed by atoms with Crippen molar-refractivity contribution in [2.75, 3.05) is 7.05 Å².